The lowest BCUT2D eigenvalue weighted by atomic mass is 10.2. The van der Waals surface area contributed by atoms with E-state index in [2.05, 4.69) is 0 Å². The summed E-state index contributed by atoms with van der Waals surface area (Å²) in [6.07, 6.45) is -0.803. The first-order valence-corrected chi connectivity index (χ1v) is 9.95. The molecule has 2 fully saturated rings. The van der Waals surface area contributed by atoms with Gasteiger partial charge in [0.25, 0.3) is 0 Å². The van der Waals surface area contributed by atoms with E-state index in [0.29, 0.717) is 0 Å². The number of halogens is 2. The largest absolute Gasteiger partial charge is 0.463 e. The van der Waals surface area contributed by atoms with Gasteiger partial charge >= 0.3 is 11.9 Å². The third kappa shape index (κ3) is 3.81. The lowest BCUT2D eigenvalue weighted by Crippen LogP contribution is -2.40. The van der Waals surface area contributed by atoms with Gasteiger partial charge in [-0.1, -0.05) is 23.2 Å². The van der Waals surface area contributed by atoms with Crippen LogP contribution in [-0.2, 0) is 29.0 Å². The van der Waals surface area contributed by atoms with Crippen LogP contribution >= 0.6 is 23.2 Å². The van der Waals surface area contributed by atoms with Crippen LogP contribution in [0.15, 0.2) is 17.0 Å². The highest BCUT2D eigenvalue weighted by molar-refractivity contribution is 7.89. The Labute approximate surface area is 159 Å². The molecule has 1 aromatic carbocycles. The molecule has 11 heteroatoms. The average Bonchev–Trinajstić information content (AvgIpc) is 3.00. The Morgan fingerprint density at radius 3 is 2.46 bits per heavy atom. The predicted molar refractivity (Wildman–Crippen MR) is 90.8 cm³/mol. The minimum Gasteiger partial charge on any atom is -0.463 e. The number of rotatable bonds is 4. The van der Waals surface area contributed by atoms with Crippen molar-refractivity contribution in [2.24, 2.45) is 0 Å². The molecule has 0 saturated carbocycles. The summed E-state index contributed by atoms with van der Waals surface area (Å²) in [4.78, 5) is 23.5. The molecule has 3 rings (SSSR count). The third-order valence-corrected chi connectivity index (χ3v) is 6.64. The maximum absolute atomic E-state index is 12.8. The number of hydrogen-bond donors (Lipinski definition) is 0. The van der Waals surface area contributed by atoms with Crippen LogP contribution in [0, 0.1) is 0 Å². The summed E-state index contributed by atoms with van der Waals surface area (Å²) in [6, 6.07) is 2.23. The molecule has 1 aromatic rings. The molecule has 142 valence electrons. The Hall–Kier alpha value is -1.39. The molecule has 26 heavy (non-hydrogen) atoms. The second-order valence-corrected chi connectivity index (χ2v) is 8.35. The predicted octanol–water partition coefficient (Wildman–Crippen LogP) is 1.49. The molecule has 0 radical (unpaired) electrons. The Kier molecular flexibility index (Phi) is 5.73. The fourth-order valence-corrected chi connectivity index (χ4v) is 4.82. The summed E-state index contributed by atoms with van der Waals surface area (Å²) < 4.78 is 41.8. The molecule has 2 saturated heterocycles. The van der Waals surface area contributed by atoms with Gasteiger partial charge in [-0.05, 0) is 12.1 Å². The highest BCUT2D eigenvalue weighted by Crippen LogP contribution is 2.32. The molecule has 2 aliphatic heterocycles. The summed E-state index contributed by atoms with van der Waals surface area (Å²) in [5, 5.41) is -0.189. The summed E-state index contributed by atoms with van der Waals surface area (Å²) in [5.74, 6) is -1.57. The molecule has 8 nitrogen and oxygen atoms in total. The van der Waals surface area contributed by atoms with Gasteiger partial charge in [-0.3, -0.25) is 0 Å². The van der Waals surface area contributed by atoms with E-state index in [0.717, 1.165) is 6.07 Å². The van der Waals surface area contributed by atoms with Crippen LogP contribution in [0.5, 0.6) is 0 Å². The normalized spacial score (nSPS) is 21.5. The van der Waals surface area contributed by atoms with Crippen LogP contribution in [0.4, 0.5) is 0 Å². The molecule has 0 amide bonds. The minimum atomic E-state index is -3.94. The fraction of sp³-hybridized carbons (Fsp3) is 0.467. The first kappa shape index (κ1) is 19.4. The second-order valence-electron chi connectivity index (χ2n) is 5.63. The van der Waals surface area contributed by atoms with E-state index in [-0.39, 0.29) is 59.8 Å². The van der Waals surface area contributed by atoms with Gasteiger partial charge in [0.1, 0.15) is 4.90 Å². The Balaban J connectivity index is 1.91. The number of sulfonamides is 1. The van der Waals surface area contributed by atoms with Crippen LogP contribution in [-0.4, -0.2) is 63.7 Å². The van der Waals surface area contributed by atoms with Gasteiger partial charge in [0.2, 0.25) is 16.1 Å². The summed E-state index contributed by atoms with van der Waals surface area (Å²) in [5.41, 5.74) is -0.192. The molecule has 0 bridgehead atoms. The van der Waals surface area contributed by atoms with Crippen molar-refractivity contribution in [2.75, 3.05) is 32.9 Å². The second kappa shape index (κ2) is 7.69. The van der Waals surface area contributed by atoms with E-state index in [1.807, 2.05) is 0 Å². The average molecular weight is 424 g/mol. The molecule has 0 aliphatic carbocycles. The van der Waals surface area contributed by atoms with Crippen molar-refractivity contribution in [3.8, 4) is 0 Å². The van der Waals surface area contributed by atoms with Gasteiger partial charge in [0.15, 0.2) is 0 Å². The molecule has 0 aromatic heterocycles. The number of cyclic esters (lactones) is 1. The number of ether oxygens (including phenoxy) is 3. The number of morpholine rings is 1. The van der Waals surface area contributed by atoms with Crippen LogP contribution in [0.2, 0.25) is 10.0 Å². The topological polar surface area (TPSA) is 99.2 Å². The van der Waals surface area contributed by atoms with E-state index in [4.69, 9.17) is 37.4 Å². The number of carbonyl (C=O) groups is 2. The quantitative estimate of drug-likeness (QED) is 0.676. The molecule has 0 N–H and O–H groups in total. The lowest BCUT2D eigenvalue weighted by Gasteiger charge is -2.26. The molecule has 2 heterocycles. The number of nitrogens with zero attached hydrogens (tertiary/aromatic N) is 1. The van der Waals surface area contributed by atoms with Gasteiger partial charge in [0, 0.05) is 19.5 Å². The highest BCUT2D eigenvalue weighted by Gasteiger charge is 2.33. The van der Waals surface area contributed by atoms with E-state index >= 15 is 0 Å². The van der Waals surface area contributed by atoms with Crippen molar-refractivity contribution < 1.29 is 32.2 Å². The van der Waals surface area contributed by atoms with Gasteiger partial charge in [0.05, 0.1) is 35.4 Å². The maximum Gasteiger partial charge on any atom is 0.347 e. The standard InChI is InChI=1S/C15H15Cl2NO7S/c16-10-8-11(17)13(26(21,22)18-2-5-23-6-3-18)7-9(10)14(19)25-12-1-4-24-15(12)20/h7-8,12H,1-6H2/t12-/m0/s1. The zero-order valence-corrected chi connectivity index (χ0v) is 15.8. The van der Waals surface area contributed by atoms with Crippen molar-refractivity contribution in [2.45, 2.75) is 17.4 Å². The van der Waals surface area contributed by atoms with Crippen molar-refractivity contribution >= 4 is 45.2 Å². The smallest absolute Gasteiger partial charge is 0.347 e. The Morgan fingerprint density at radius 2 is 1.85 bits per heavy atom. The third-order valence-electron chi connectivity index (χ3n) is 3.97. The monoisotopic (exact) mass is 423 g/mol. The molecular formula is C15H15Cl2NO7S. The van der Waals surface area contributed by atoms with Gasteiger partial charge in [-0.25, -0.2) is 18.0 Å². The van der Waals surface area contributed by atoms with Crippen LogP contribution < -0.4 is 0 Å². The summed E-state index contributed by atoms with van der Waals surface area (Å²) >= 11 is 12.1. The number of hydrogen-bond acceptors (Lipinski definition) is 7. The number of esters is 2. The van der Waals surface area contributed by atoms with Gasteiger partial charge in [-0.15, -0.1) is 0 Å². The minimum absolute atomic E-state index is 0.0766. The van der Waals surface area contributed by atoms with Crippen molar-refractivity contribution in [1.82, 2.24) is 4.31 Å². The zero-order valence-electron chi connectivity index (χ0n) is 13.4. The first-order valence-electron chi connectivity index (χ1n) is 7.75. The van der Waals surface area contributed by atoms with E-state index < -0.39 is 28.1 Å². The Bertz CT molecular complexity index is 837. The van der Waals surface area contributed by atoms with Gasteiger partial charge in [-0.2, -0.15) is 4.31 Å². The molecule has 2 aliphatic rings. The fourth-order valence-electron chi connectivity index (χ4n) is 2.59. The van der Waals surface area contributed by atoms with Crippen molar-refractivity contribution in [1.29, 1.82) is 0 Å². The molecule has 0 spiro atoms. The highest BCUT2D eigenvalue weighted by atomic mass is 35.5. The number of benzene rings is 1. The van der Waals surface area contributed by atoms with E-state index in [1.165, 1.54) is 10.4 Å². The van der Waals surface area contributed by atoms with Crippen molar-refractivity contribution in [3.63, 3.8) is 0 Å². The summed E-state index contributed by atoms with van der Waals surface area (Å²) in [7, 11) is -3.94. The first-order chi connectivity index (χ1) is 12.3. The van der Waals surface area contributed by atoms with Crippen molar-refractivity contribution in [3.05, 3.63) is 27.7 Å². The van der Waals surface area contributed by atoms with Crippen LogP contribution in [0.25, 0.3) is 0 Å². The summed E-state index contributed by atoms with van der Waals surface area (Å²) in [6.45, 7) is 1.04. The lowest BCUT2D eigenvalue weighted by molar-refractivity contribution is -0.145. The Morgan fingerprint density at radius 1 is 1.15 bits per heavy atom. The van der Waals surface area contributed by atoms with Crippen LogP contribution in [0.3, 0.4) is 0 Å². The SMILES string of the molecule is O=C(O[C@H]1CCOC1=O)c1cc(S(=O)(=O)N2CCOCC2)c(Cl)cc1Cl. The van der Waals surface area contributed by atoms with Gasteiger partial charge < -0.3 is 14.2 Å². The zero-order chi connectivity index (χ0) is 18.9. The number of carbonyl (C=O) groups excluding carboxylic acids is 2. The van der Waals surface area contributed by atoms with E-state index in [9.17, 15) is 18.0 Å². The molecular weight excluding hydrogens is 409 g/mol. The molecule has 0 unspecified atom stereocenters. The van der Waals surface area contributed by atoms with E-state index in [1.54, 1.807) is 0 Å². The molecule has 1 atom stereocenters. The maximum atomic E-state index is 12.8. The van der Waals surface area contributed by atoms with Crippen LogP contribution in [0.1, 0.15) is 16.8 Å².